The van der Waals surface area contributed by atoms with Crippen LogP contribution in [0.2, 0.25) is 0 Å². The molecule has 70 valence electrons. The molecule has 0 saturated heterocycles. The SMILES string of the molecule is CN(C)c1ncccc1C(=O)NO. The minimum absolute atomic E-state index is 0.343. The highest BCUT2D eigenvalue weighted by Crippen LogP contribution is 2.13. The van der Waals surface area contributed by atoms with Gasteiger partial charge in [0, 0.05) is 20.3 Å². The zero-order valence-electron chi connectivity index (χ0n) is 7.48. The highest BCUT2D eigenvalue weighted by atomic mass is 16.5. The van der Waals surface area contributed by atoms with E-state index >= 15 is 0 Å². The van der Waals surface area contributed by atoms with Crippen molar-refractivity contribution in [3.63, 3.8) is 0 Å². The summed E-state index contributed by atoms with van der Waals surface area (Å²) in [6.07, 6.45) is 1.59. The van der Waals surface area contributed by atoms with E-state index in [4.69, 9.17) is 5.21 Å². The summed E-state index contributed by atoms with van der Waals surface area (Å²) in [6.45, 7) is 0. The number of amides is 1. The molecule has 1 aromatic heterocycles. The maximum Gasteiger partial charge on any atom is 0.278 e. The van der Waals surface area contributed by atoms with E-state index in [0.29, 0.717) is 11.4 Å². The zero-order valence-corrected chi connectivity index (χ0v) is 7.48. The molecule has 0 aromatic carbocycles. The molecular weight excluding hydrogens is 170 g/mol. The van der Waals surface area contributed by atoms with Crippen LogP contribution >= 0.6 is 0 Å². The molecule has 1 aromatic rings. The molecule has 0 aliphatic rings. The Balaban J connectivity index is 3.12. The summed E-state index contributed by atoms with van der Waals surface area (Å²) in [4.78, 5) is 16.8. The predicted octanol–water partition coefficient (Wildman–Crippen LogP) is 0.267. The second-order valence-electron chi connectivity index (χ2n) is 2.71. The molecule has 2 N–H and O–H groups in total. The van der Waals surface area contributed by atoms with Crippen LogP contribution in [0.1, 0.15) is 10.4 Å². The van der Waals surface area contributed by atoms with Crippen LogP contribution < -0.4 is 10.4 Å². The fourth-order valence-electron chi connectivity index (χ4n) is 0.991. The van der Waals surface area contributed by atoms with Crippen LogP contribution in [0.25, 0.3) is 0 Å². The van der Waals surface area contributed by atoms with Gasteiger partial charge in [0.05, 0.1) is 5.56 Å². The molecule has 0 fully saturated rings. The first-order valence-electron chi connectivity index (χ1n) is 3.73. The summed E-state index contributed by atoms with van der Waals surface area (Å²) < 4.78 is 0. The van der Waals surface area contributed by atoms with Crippen LogP contribution in [-0.2, 0) is 0 Å². The molecule has 0 aliphatic heterocycles. The second kappa shape index (κ2) is 3.86. The minimum atomic E-state index is -0.559. The van der Waals surface area contributed by atoms with Crippen molar-refractivity contribution in [1.82, 2.24) is 10.5 Å². The van der Waals surface area contributed by atoms with Crippen LogP contribution in [-0.4, -0.2) is 30.2 Å². The summed E-state index contributed by atoms with van der Waals surface area (Å²) in [7, 11) is 3.55. The highest BCUT2D eigenvalue weighted by Gasteiger charge is 2.11. The molecule has 0 saturated carbocycles. The van der Waals surface area contributed by atoms with Crippen molar-refractivity contribution in [2.75, 3.05) is 19.0 Å². The van der Waals surface area contributed by atoms with E-state index in [0.717, 1.165) is 0 Å². The van der Waals surface area contributed by atoms with Gasteiger partial charge in [-0.2, -0.15) is 0 Å². The first-order valence-corrected chi connectivity index (χ1v) is 3.73. The van der Waals surface area contributed by atoms with Crippen LogP contribution in [0.5, 0.6) is 0 Å². The molecule has 5 nitrogen and oxygen atoms in total. The van der Waals surface area contributed by atoms with Gasteiger partial charge in [0.25, 0.3) is 5.91 Å². The second-order valence-corrected chi connectivity index (χ2v) is 2.71. The van der Waals surface area contributed by atoms with E-state index in [1.807, 2.05) is 0 Å². The van der Waals surface area contributed by atoms with Gasteiger partial charge in [0.15, 0.2) is 0 Å². The molecular formula is C8H11N3O2. The Labute approximate surface area is 76.0 Å². The molecule has 0 spiro atoms. The molecule has 1 rings (SSSR count). The predicted molar refractivity (Wildman–Crippen MR) is 47.8 cm³/mol. The molecule has 0 atom stereocenters. The van der Waals surface area contributed by atoms with E-state index in [1.165, 1.54) is 0 Å². The number of aromatic nitrogens is 1. The van der Waals surface area contributed by atoms with E-state index in [2.05, 4.69) is 4.98 Å². The highest BCUT2D eigenvalue weighted by molar-refractivity contribution is 5.98. The third-order valence-electron chi connectivity index (χ3n) is 1.56. The topological polar surface area (TPSA) is 65.5 Å². The minimum Gasteiger partial charge on any atom is -0.362 e. The Morgan fingerprint density at radius 3 is 2.85 bits per heavy atom. The summed E-state index contributed by atoms with van der Waals surface area (Å²) in [5.74, 6) is -0.0362. The number of anilines is 1. The molecule has 1 amide bonds. The van der Waals surface area contributed by atoms with Gasteiger partial charge in [0.1, 0.15) is 5.82 Å². The fraction of sp³-hybridized carbons (Fsp3) is 0.250. The van der Waals surface area contributed by atoms with Gasteiger partial charge in [-0.15, -0.1) is 0 Å². The molecule has 5 heteroatoms. The van der Waals surface area contributed by atoms with Gasteiger partial charge >= 0.3 is 0 Å². The Morgan fingerprint density at radius 2 is 2.31 bits per heavy atom. The van der Waals surface area contributed by atoms with E-state index in [9.17, 15) is 4.79 Å². The number of rotatable bonds is 2. The largest absolute Gasteiger partial charge is 0.362 e. The summed E-state index contributed by atoms with van der Waals surface area (Å²) in [5.41, 5.74) is 1.91. The quantitative estimate of drug-likeness (QED) is 0.507. The molecule has 0 bridgehead atoms. The molecule has 13 heavy (non-hydrogen) atoms. The van der Waals surface area contributed by atoms with Crippen molar-refractivity contribution in [3.8, 4) is 0 Å². The Morgan fingerprint density at radius 1 is 1.62 bits per heavy atom. The lowest BCUT2D eigenvalue weighted by Crippen LogP contribution is -2.23. The summed E-state index contributed by atoms with van der Waals surface area (Å²) >= 11 is 0. The number of pyridine rings is 1. The number of hydroxylamine groups is 1. The fourth-order valence-corrected chi connectivity index (χ4v) is 0.991. The van der Waals surface area contributed by atoms with Gasteiger partial charge in [0.2, 0.25) is 0 Å². The molecule has 0 unspecified atom stereocenters. The van der Waals surface area contributed by atoms with E-state index in [1.54, 1.807) is 42.8 Å². The monoisotopic (exact) mass is 181 g/mol. The lowest BCUT2D eigenvalue weighted by atomic mass is 10.2. The molecule has 1 heterocycles. The lowest BCUT2D eigenvalue weighted by Gasteiger charge is -2.13. The van der Waals surface area contributed by atoms with Crippen LogP contribution in [0, 0.1) is 0 Å². The summed E-state index contributed by atoms with van der Waals surface area (Å²) in [6, 6.07) is 3.23. The number of carbonyl (C=O) groups is 1. The maximum absolute atomic E-state index is 11.1. The van der Waals surface area contributed by atoms with Crippen LogP contribution in [0.4, 0.5) is 5.82 Å². The Bertz CT molecular complexity index is 312. The first kappa shape index (κ1) is 9.47. The van der Waals surface area contributed by atoms with Crippen molar-refractivity contribution in [2.45, 2.75) is 0 Å². The maximum atomic E-state index is 11.1. The number of nitrogens with zero attached hydrogens (tertiary/aromatic N) is 2. The number of carbonyl (C=O) groups excluding carboxylic acids is 1. The Kier molecular flexibility index (Phi) is 2.81. The van der Waals surface area contributed by atoms with Gasteiger partial charge in [-0.05, 0) is 12.1 Å². The smallest absolute Gasteiger partial charge is 0.278 e. The average Bonchev–Trinajstić information content (AvgIpc) is 2.16. The Hall–Kier alpha value is -1.62. The van der Waals surface area contributed by atoms with Gasteiger partial charge < -0.3 is 4.90 Å². The van der Waals surface area contributed by atoms with Crippen molar-refractivity contribution in [1.29, 1.82) is 0 Å². The van der Waals surface area contributed by atoms with Crippen molar-refractivity contribution < 1.29 is 10.0 Å². The lowest BCUT2D eigenvalue weighted by molar-refractivity contribution is 0.0706. The number of hydrogen-bond acceptors (Lipinski definition) is 4. The molecule has 0 radical (unpaired) electrons. The van der Waals surface area contributed by atoms with Gasteiger partial charge in [-0.1, -0.05) is 0 Å². The van der Waals surface area contributed by atoms with Crippen molar-refractivity contribution >= 4 is 11.7 Å². The standard InChI is InChI=1S/C8H11N3O2/c1-11(2)7-6(8(12)10-13)4-3-5-9-7/h3-5,13H,1-2H3,(H,10,12). The normalized spacial score (nSPS) is 9.46. The summed E-state index contributed by atoms with van der Waals surface area (Å²) in [5, 5.41) is 8.45. The van der Waals surface area contributed by atoms with E-state index < -0.39 is 5.91 Å². The van der Waals surface area contributed by atoms with Crippen molar-refractivity contribution in [2.24, 2.45) is 0 Å². The van der Waals surface area contributed by atoms with Crippen LogP contribution in [0.15, 0.2) is 18.3 Å². The van der Waals surface area contributed by atoms with Gasteiger partial charge in [-0.3, -0.25) is 10.0 Å². The number of nitrogens with one attached hydrogen (secondary N) is 1. The average molecular weight is 181 g/mol. The third-order valence-corrected chi connectivity index (χ3v) is 1.56. The first-order chi connectivity index (χ1) is 6.16. The van der Waals surface area contributed by atoms with Crippen LogP contribution in [0.3, 0.4) is 0 Å². The number of hydrogen-bond donors (Lipinski definition) is 2. The zero-order chi connectivity index (χ0) is 9.84. The van der Waals surface area contributed by atoms with Gasteiger partial charge in [-0.25, -0.2) is 10.5 Å². The third kappa shape index (κ3) is 1.94. The molecule has 0 aliphatic carbocycles. The van der Waals surface area contributed by atoms with E-state index in [-0.39, 0.29) is 0 Å². The van der Waals surface area contributed by atoms with Crippen molar-refractivity contribution in [3.05, 3.63) is 23.9 Å².